The molecule has 0 aliphatic rings. The molecular weight excluding hydrogens is 233 g/mol. The molecule has 0 atom stereocenters. The molecule has 0 saturated carbocycles. The standard InChI is InChI=1S/C14H10FNO2/c15-12-6-3-5-11(14(12)18)13(17)8-7-10-4-1-2-9-16-10/h1-9,18H/b8-7+. The number of phenols is 1. The lowest BCUT2D eigenvalue weighted by Crippen LogP contribution is -1.96. The van der Waals surface area contributed by atoms with E-state index in [0.717, 1.165) is 6.07 Å². The Morgan fingerprint density at radius 2 is 2.06 bits per heavy atom. The second-order valence-electron chi connectivity index (χ2n) is 3.59. The number of rotatable bonds is 3. The van der Waals surface area contributed by atoms with Crippen molar-refractivity contribution < 1.29 is 14.3 Å². The largest absolute Gasteiger partial charge is 0.504 e. The van der Waals surface area contributed by atoms with E-state index >= 15 is 0 Å². The fraction of sp³-hybridized carbons (Fsp3) is 0. The minimum absolute atomic E-state index is 0.0674. The van der Waals surface area contributed by atoms with Crippen LogP contribution in [0.3, 0.4) is 0 Å². The van der Waals surface area contributed by atoms with E-state index in [1.165, 1.54) is 24.3 Å². The van der Waals surface area contributed by atoms with Crippen molar-refractivity contribution >= 4 is 11.9 Å². The lowest BCUT2D eigenvalue weighted by Gasteiger charge is -2.00. The maximum Gasteiger partial charge on any atom is 0.189 e. The van der Waals surface area contributed by atoms with Crippen molar-refractivity contribution in [2.45, 2.75) is 0 Å². The first-order chi connectivity index (χ1) is 8.68. The number of pyridine rings is 1. The van der Waals surface area contributed by atoms with Gasteiger partial charge in [0, 0.05) is 6.20 Å². The van der Waals surface area contributed by atoms with E-state index in [2.05, 4.69) is 4.98 Å². The first kappa shape index (κ1) is 12.0. The average Bonchev–Trinajstić information content (AvgIpc) is 2.40. The van der Waals surface area contributed by atoms with E-state index in [4.69, 9.17) is 0 Å². The summed E-state index contributed by atoms with van der Waals surface area (Å²) < 4.78 is 13.1. The second kappa shape index (κ2) is 5.23. The van der Waals surface area contributed by atoms with Gasteiger partial charge in [0.25, 0.3) is 0 Å². The summed E-state index contributed by atoms with van der Waals surface area (Å²) in [5, 5.41) is 9.42. The van der Waals surface area contributed by atoms with E-state index in [9.17, 15) is 14.3 Å². The highest BCUT2D eigenvalue weighted by molar-refractivity contribution is 6.08. The van der Waals surface area contributed by atoms with Gasteiger partial charge in [-0.1, -0.05) is 12.1 Å². The molecule has 0 amide bonds. The van der Waals surface area contributed by atoms with Gasteiger partial charge in [0.15, 0.2) is 17.3 Å². The average molecular weight is 243 g/mol. The highest BCUT2D eigenvalue weighted by Gasteiger charge is 2.11. The highest BCUT2D eigenvalue weighted by atomic mass is 19.1. The number of nitrogens with zero attached hydrogens (tertiary/aromatic N) is 1. The van der Waals surface area contributed by atoms with Crippen LogP contribution in [0.1, 0.15) is 16.1 Å². The lowest BCUT2D eigenvalue weighted by molar-refractivity contribution is 0.104. The van der Waals surface area contributed by atoms with Gasteiger partial charge in [-0.2, -0.15) is 0 Å². The monoisotopic (exact) mass is 243 g/mol. The molecule has 1 heterocycles. The van der Waals surface area contributed by atoms with E-state index in [1.807, 2.05) is 0 Å². The zero-order valence-electron chi connectivity index (χ0n) is 9.38. The van der Waals surface area contributed by atoms with E-state index in [0.29, 0.717) is 5.69 Å². The van der Waals surface area contributed by atoms with Gasteiger partial charge in [-0.25, -0.2) is 4.39 Å². The number of aromatic hydroxyl groups is 1. The molecule has 2 rings (SSSR count). The van der Waals surface area contributed by atoms with Gasteiger partial charge in [-0.15, -0.1) is 0 Å². The second-order valence-corrected chi connectivity index (χ2v) is 3.59. The van der Waals surface area contributed by atoms with Crippen LogP contribution in [0, 0.1) is 5.82 Å². The molecule has 0 aliphatic carbocycles. The summed E-state index contributed by atoms with van der Waals surface area (Å²) >= 11 is 0. The third-order valence-electron chi connectivity index (χ3n) is 2.35. The number of aromatic nitrogens is 1. The zero-order chi connectivity index (χ0) is 13.0. The van der Waals surface area contributed by atoms with E-state index in [-0.39, 0.29) is 5.56 Å². The molecule has 2 aromatic rings. The molecular formula is C14H10FNO2. The predicted octanol–water partition coefficient (Wildman–Crippen LogP) is 2.82. The molecule has 0 spiro atoms. The van der Waals surface area contributed by atoms with Gasteiger partial charge < -0.3 is 5.11 Å². The van der Waals surface area contributed by atoms with Gasteiger partial charge in [0.05, 0.1) is 11.3 Å². The number of halogens is 1. The molecule has 1 aromatic carbocycles. The van der Waals surface area contributed by atoms with Crippen LogP contribution >= 0.6 is 0 Å². The smallest absolute Gasteiger partial charge is 0.189 e. The molecule has 18 heavy (non-hydrogen) atoms. The van der Waals surface area contributed by atoms with Crippen molar-refractivity contribution in [2.75, 3.05) is 0 Å². The van der Waals surface area contributed by atoms with Crippen LogP contribution < -0.4 is 0 Å². The maximum absolute atomic E-state index is 13.1. The Hall–Kier alpha value is -2.49. The normalized spacial score (nSPS) is 10.7. The first-order valence-electron chi connectivity index (χ1n) is 5.29. The predicted molar refractivity (Wildman–Crippen MR) is 65.7 cm³/mol. The highest BCUT2D eigenvalue weighted by Crippen LogP contribution is 2.21. The van der Waals surface area contributed by atoms with Crippen LogP contribution in [0.5, 0.6) is 5.75 Å². The quantitative estimate of drug-likeness (QED) is 0.666. The number of ketones is 1. The van der Waals surface area contributed by atoms with Gasteiger partial charge >= 0.3 is 0 Å². The Morgan fingerprint density at radius 3 is 2.78 bits per heavy atom. The van der Waals surface area contributed by atoms with Crippen LogP contribution in [0.4, 0.5) is 4.39 Å². The molecule has 0 bridgehead atoms. The fourth-order valence-corrected chi connectivity index (χ4v) is 1.44. The molecule has 4 heteroatoms. The Balaban J connectivity index is 2.23. The SMILES string of the molecule is O=C(/C=C/c1ccccn1)c1cccc(F)c1O. The van der Waals surface area contributed by atoms with Crippen molar-refractivity contribution in [2.24, 2.45) is 0 Å². The summed E-state index contributed by atoms with van der Waals surface area (Å²) in [5.74, 6) is -1.92. The summed E-state index contributed by atoms with van der Waals surface area (Å²) in [6.07, 6.45) is 4.35. The molecule has 0 aliphatic heterocycles. The fourth-order valence-electron chi connectivity index (χ4n) is 1.44. The Labute approximate surface area is 103 Å². The van der Waals surface area contributed by atoms with Gasteiger partial charge in [0.1, 0.15) is 0 Å². The van der Waals surface area contributed by atoms with Crippen LogP contribution in [0.2, 0.25) is 0 Å². The van der Waals surface area contributed by atoms with Gasteiger partial charge in [-0.3, -0.25) is 9.78 Å². The Kier molecular flexibility index (Phi) is 3.48. The van der Waals surface area contributed by atoms with Crippen molar-refractivity contribution in [3.8, 4) is 5.75 Å². The van der Waals surface area contributed by atoms with Crippen LogP contribution in [0.15, 0.2) is 48.7 Å². The third-order valence-corrected chi connectivity index (χ3v) is 2.35. The Morgan fingerprint density at radius 1 is 1.22 bits per heavy atom. The number of carbonyl (C=O) groups is 1. The molecule has 90 valence electrons. The minimum Gasteiger partial charge on any atom is -0.504 e. The summed E-state index contributed by atoms with van der Waals surface area (Å²) in [6, 6.07) is 9.11. The van der Waals surface area contributed by atoms with Crippen molar-refractivity contribution in [1.82, 2.24) is 4.98 Å². The summed E-state index contributed by atoms with van der Waals surface area (Å²) in [5.41, 5.74) is 0.545. The van der Waals surface area contributed by atoms with E-state index < -0.39 is 17.3 Å². The summed E-state index contributed by atoms with van der Waals surface area (Å²) in [6.45, 7) is 0. The molecule has 0 saturated heterocycles. The van der Waals surface area contributed by atoms with Crippen molar-refractivity contribution in [1.29, 1.82) is 0 Å². The molecule has 0 unspecified atom stereocenters. The molecule has 1 aromatic heterocycles. The Bertz CT molecular complexity index is 594. The number of carbonyl (C=O) groups excluding carboxylic acids is 1. The number of hydrogen-bond donors (Lipinski definition) is 1. The van der Waals surface area contributed by atoms with Gasteiger partial charge in [-0.05, 0) is 36.4 Å². The number of hydrogen-bond acceptors (Lipinski definition) is 3. The number of phenolic OH excluding ortho intramolecular Hbond substituents is 1. The first-order valence-corrected chi connectivity index (χ1v) is 5.29. The topological polar surface area (TPSA) is 50.2 Å². The van der Waals surface area contributed by atoms with Crippen molar-refractivity contribution in [3.63, 3.8) is 0 Å². The van der Waals surface area contributed by atoms with Crippen LogP contribution in [0.25, 0.3) is 6.08 Å². The lowest BCUT2D eigenvalue weighted by atomic mass is 10.1. The number of benzene rings is 1. The van der Waals surface area contributed by atoms with Crippen molar-refractivity contribution in [3.05, 3.63) is 65.7 Å². The molecule has 0 radical (unpaired) electrons. The molecule has 3 nitrogen and oxygen atoms in total. The zero-order valence-corrected chi connectivity index (χ0v) is 9.38. The summed E-state index contributed by atoms with van der Waals surface area (Å²) in [4.78, 5) is 15.8. The van der Waals surface area contributed by atoms with Crippen LogP contribution in [-0.2, 0) is 0 Å². The maximum atomic E-state index is 13.1. The third kappa shape index (κ3) is 2.60. The van der Waals surface area contributed by atoms with E-state index in [1.54, 1.807) is 24.4 Å². The van der Waals surface area contributed by atoms with Crippen LogP contribution in [-0.4, -0.2) is 15.9 Å². The number of para-hydroxylation sites is 1. The minimum atomic E-state index is -0.813. The number of allylic oxidation sites excluding steroid dienone is 1. The summed E-state index contributed by atoms with van der Waals surface area (Å²) in [7, 11) is 0. The molecule has 0 fully saturated rings. The molecule has 1 N–H and O–H groups in total. The van der Waals surface area contributed by atoms with Gasteiger partial charge in [0.2, 0.25) is 0 Å².